The smallest absolute Gasteiger partial charge is 0.242 e. The molecule has 39 heavy (non-hydrogen) atoms. The third-order valence-corrected chi connectivity index (χ3v) is 7.52. The highest BCUT2D eigenvalue weighted by atomic mass is 16.5. The van der Waals surface area contributed by atoms with Crippen molar-refractivity contribution >= 4 is 11.8 Å². The predicted molar refractivity (Wildman–Crippen MR) is 154 cm³/mol. The summed E-state index contributed by atoms with van der Waals surface area (Å²) in [6, 6.07) is 9.67. The van der Waals surface area contributed by atoms with Crippen molar-refractivity contribution < 1.29 is 23.5 Å². The van der Waals surface area contributed by atoms with Crippen LogP contribution in [0.3, 0.4) is 0 Å². The molecule has 7 nitrogen and oxygen atoms in total. The van der Waals surface area contributed by atoms with Crippen LogP contribution < -0.4 is 9.47 Å². The normalized spacial score (nSPS) is 15.0. The first-order valence-corrected chi connectivity index (χ1v) is 14.4. The second-order valence-electron chi connectivity index (χ2n) is 12.2. The molecule has 1 aliphatic carbocycles. The number of rotatable bonds is 13. The molecule has 0 aliphatic heterocycles. The Labute approximate surface area is 234 Å². The van der Waals surface area contributed by atoms with Crippen LogP contribution in [0, 0.1) is 11.3 Å². The van der Waals surface area contributed by atoms with E-state index in [0.717, 1.165) is 43.4 Å². The van der Waals surface area contributed by atoms with Crippen LogP contribution in [0.4, 0.5) is 0 Å². The molecular formula is C32H48N2O5. The molecule has 1 saturated carbocycles. The van der Waals surface area contributed by atoms with Gasteiger partial charge in [-0.1, -0.05) is 53.0 Å². The van der Waals surface area contributed by atoms with Gasteiger partial charge >= 0.3 is 0 Å². The van der Waals surface area contributed by atoms with Gasteiger partial charge in [0.2, 0.25) is 11.8 Å². The second-order valence-corrected chi connectivity index (χ2v) is 12.2. The Kier molecular flexibility index (Phi) is 11.3. The van der Waals surface area contributed by atoms with Gasteiger partial charge in [-0.25, -0.2) is 0 Å². The van der Waals surface area contributed by atoms with Crippen molar-refractivity contribution in [3.63, 3.8) is 0 Å². The lowest BCUT2D eigenvalue weighted by Gasteiger charge is -2.36. The van der Waals surface area contributed by atoms with Gasteiger partial charge in [-0.05, 0) is 66.8 Å². The minimum atomic E-state index is -0.0470. The van der Waals surface area contributed by atoms with E-state index in [9.17, 15) is 9.59 Å². The van der Waals surface area contributed by atoms with Crippen LogP contribution in [0.15, 0.2) is 41.0 Å². The van der Waals surface area contributed by atoms with E-state index in [-0.39, 0.29) is 35.7 Å². The van der Waals surface area contributed by atoms with E-state index in [1.807, 2.05) is 40.1 Å². The Balaban J connectivity index is 1.76. The number of carbonyl (C=O) groups excluding carboxylic acids is 2. The summed E-state index contributed by atoms with van der Waals surface area (Å²) in [5.41, 5.74) is 1.20. The highest BCUT2D eigenvalue weighted by Crippen LogP contribution is 2.30. The average Bonchev–Trinajstić information content (AvgIpc) is 3.41. The molecule has 1 unspecified atom stereocenters. The van der Waals surface area contributed by atoms with Crippen LogP contribution in [0.2, 0.25) is 0 Å². The number of ether oxygens (including phenoxy) is 2. The van der Waals surface area contributed by atoms with Crippen molar-refractivity contribution in [3.05, 3.63) is 47.9 Å². The van der Waals surface area contributed by atoms with E-state index in [1.165, 1.54) is 6.42 Å². The molecule has 3 rings (SSSR count). The maximum atomic E-state index is 13.8. The fourth-order valence-electron chi connectivity index (χ4n) is 5.78. The number of nitrogens with zero attached hydrogens (tertiary/aromatic N) is 2. The summed E-state index contributed by atoms with van der Waals surface area (Å²) in [4.78, 5) is 31.2. The number of methoxy groups -OCH3 is 2. The third-order valence-electron chi connectivity index (χ3n) is 7.52. The van der Waals surface area contributed by atoms with Crippen LogP contribution in [-0.4, -0.2) is 55.0 Å². The zero-order valence-corrected chi connectivity index (χ0v) is 24.8. The van der Waals surface area contributed by atoms with E-state index >= 15 is 0 Å². The fraction of sp³-hybridized carbons (Fsp3) is 0.625. The van der Waals surface area contributed by atoms with Crippen LogP contribution in [0.1, 0.15) is 84.0 Å². The maximum Gasteiger partial charge on any atom is 0.242 e. The molecule has 2 aromatic rings. The van der Waals surface area contributed by atoms with Crippen molar-refractivity contribution in [1.29, 1.82) is 0 Å². The quantitative estimate of drug-likeness (QED) is 0.290. The largest absolute Gasteiger partial charge is 0.493 e. The first-order valence-electron chi connectivity index (χ1n) is 14.4. The Morgan fingerprint density at radius 2 is 1.74 bits per heavy atom. The topological polar surface area (TPSA) is 72.2 Å². The number of furan rings is 1. The van der Waals surface area contributed by atoms with Crippen LogP contribution in [-0.2, 0) is 22.6 Å². The fourth-order valence-corrected chi connectivity index (χ4v) is 5.78. The summed E-state index contributed by atoms with van der Waals surface area (Å²) in [5, 5.41) is 0. The van der Waals surface area contributed by atoms with Gasteiger partial charge < -0.3 is 23.7 Å². The van der Waals surface area contributed by atoms with Gasteiger partial charge in [0.05, 0.1) is 27.0 Å². The van der Waals surface area contributed by atoms with E-state index in [4.69, 9.17) is 13.9 Å². The molecular weight excluding hydrogens is 492 g/mol. The second kappa shape index (κ2) is 14.4. The summed E-state index contributed by atoms with van der Waals surface area (Å²) in [6.07, 6.45) is 9.07. The SMILES string of the molecule is COc1ccc(CCN(Cc2ccco2)C(=O)CN(C(=O)CC(C)CC(C)(C)C)C2CCCCC2)cc1OC. The van der Waals surface area contributed by atoms with Crippen molar-refractivity contribution in [2.45, 2.75) is 91.6 Å². The van der Waals surface area contributed by atoms with E-state index in [1.54, 1.807) is 20.5 Å². The predicted octanol–water partition coefficient (Wildman–Crippen LogP) is 6.49. The number of amides is 2. The zero-order valence-electron chi connectivity index (χ0n) is 24.8. The van der Waals surface area contributed by atoms with Gasteiger partial charge in [0.1, 0.15) is 12.3 Å². The number of carbonyl (C=O) groups is 2. The van der Waals surface area contributed by atoms with Gasteiger partial charge in [0.15, 0.2) is 11.5 Å². The molecule has 1 aliphatic rings. The highest BCUT2D eigenvalue weighted by molar-refractivity contribution is 5.85. The van der Waals surface area contributed by atoms with Crippen LogP contribution in [0.25, 0.3) is 0 Å². The number of hydrogen-bond acceptors (Lipinski definition) is 5. The first-order chi connectivity index (χ1) is 18.6. The van der Waals surface area contributed by atoms with Gasteiger partial charge in [0, 0.05) is 19.0 Å². The molecule has 1 heterocycles. The Hall–Kier alpha value is -2.96. The van der Waals surface area contributed by atoms with Crippen molar-refractivity contribution in [2.24, 2.45) is 11.3 Å². The molecule has 1 fully saturated rings. The molecule has 0 bridgehead atoms. The number of hydrogen-bond donors (Lipinski definition) is 0. The third kappa shape index (κ3) is 9.63. The van der Waals surface area contributed by atoms with Crippen molar-refractivity contribution in [1.82, 2.24) is 9.80 Å². The zero-order chi connectivity index (χ0) is 28.4. The lowest BCUT2D eigenvalue weighted by molar-refractivity contribution is -0.144. The summed E-state index contributed by atoms with van der Waals surface area (Å²) >= 11 is 0. The highest BCUT2D eigenvalue weighted by Gasteiger charge is 2.30. The van der Waals surface area contributed by atoms with Gasteiger partial charge in [-0.2, -0.15) is 0 Å². The molecule has 0 radical (unpaired) electrons. The van der Waals surface area contributed by atoms with Gasteiger partial charge in [-0.3, -0.25) is 9.59 Å². The van der Waals surface area contributed by atoms with Gasteiger partial charge in [-0.15, -0.1) is 0 Å². The van der Waals surface area contributed by atoms with E-state index in [0.29, 0.717) is 37.4 Å². The minimum Gasteiger partial charge on any atom is -0.493 e. The first kappa shape index (κ1) is 30.6. The minimum absolute atomic E-state index is 0.0470. The van der Waals surface area contributed by atoms with Crippen molar-refractivity contribution in [3.8, 4) is 11.5 Å². The van der Waals surface area contributed by atoms with Gasteiger partial charge in [0.25, 0.3) is 0 Å². The van der Waals surface area contributed by atoms with Crippen LogP contribution >= 0.6 is 0 Å². The molecule has 1 atom stereocenters. The van der Waals surface area contributed by atoms with Crippen LogP contribution in [0.5, 0.6) is 11.5 Å². The lowest BCUT2D eigenvalue weighted by atomic mass is 9.84. The summed E-state index contributed by atoms with van der Waals surface area (Å²) in [6.45, 7) is 9.76. The monoisotopic (exact) mass is 540 g/mol. The molecule has 7 heteroatoms. The Morgan fingerprint density at radius 1 is 1.03 bits per heavy atom. The molecule has 0 spiro atoms. The average molecular weight is 541 g/mol. The molecule has 2 amide bonds. The number of benzene rings is 1. The standard InChI is InChI=1S/C32H48N2O5/c1-24(21-32(2,3)4)19-30(35)34(26-11-8-7-9-12-26)23-31(36)33(22-27-13-10-18-39-27)17-16-25-14-15-28(37-5)29(20-25)38-6/h10,13-15,18,20,24,26H,7-9,11-12,16-17,19,21-23H2,1-6H3. The maximum absolute atomic E-state index is 13.8. The molecule has 216 valence electrons. The molecule has 0 N–H and O–H groups in total. The summed E-state index contributed by atoms with van der Waals surface area (Å²) in [5.74, 6) is 2.39. The van der Waals surface area contributed by atoms with E-state index in [2.05, 4.69) is 27.7 Å². The lowest BCUT2D eigenvalue weighted by Crippen LogP contribution is -2.48. The Morgan fingerprint density at radius 3 is 2.36 bits per heavy atom. The van der Waals surface area contributed by atoms with E-state index < -0.39 is 0 Å². The summed E-state index contributed by atoms with van der Waals surface area (Å²) in [7, 11) is 3.23. The molecule has 0 saturated heterocycles. The summed E-state index contributed by atoms with van der Waals surface area (Å²) < 4.78 is 16.4. The molecule has 1 aromatic heterocycles. The Bertz CT molecular complexity index is 1040. The molecule has 1 aromatic carbocycles. The van der Waals surface area contributed by atoms with Crippen molar-refractivity contribution in [2.75, 3.05) is 27.3 Å².